The van der Waals surface area contributed by atoms with E-state index < -0.39 is 23.0 Å². The van der Waals surface area contributed by atoms with E-state index in [1.165, 1.54) is 18.2 Å². The molecule has 7 nitrogen and oxygen atoms in total. The standard InChI is InChI=1S/C12H14N2O5/c15-9-3-1-2-8(13-9)10(16)14-12(11(17)18)4-6-19-7-5-12/h1-3H,4-7H2,(H,13,15)(H,14,16)(H,17,18). The summed E-state index contributed by atoms with van der Waals surface area (Å²) in [4.78, 5) is 36.8. The van der Waals surface area contributed by atoms with Gasteiger partial charge >= 0.3 is 5.97 Å². The number of carbonyl (C=O) groups is 2. The van der Waals surface area contributed by atoms with Crippen LogP contribution in [0.5, 0.6) is 0 Å². The van der Waals surface area contributed by atoms with Gasteiger partial charge in [-0.15, -0.1) is 0 Å². The van der Waals surface area contributed by atoms with Crippen LogP contribution >= 0.6 is 0 Å². The van der Waals surface area contributed by atoms with Crippen molar-refractivity contribution in [2.45, 2.75) is 18.4 Å². The van der Waals surface area contributed by atoms with Crippen LogP contribution in [0.1, 0.15) is 23.3 Å². The number of carboxylic acid groups (broad SMARTS) is 1. The fourth-order valence-corrected chi connectivity index (χ4v) is 1.98. The van der Waals surface area contributed by atoms with Gasteiger partial charge in [0.15, 0.2) is 0 Å². The van der Waals surface area contributed by atoms with Crippen LogP contribution in [0.25, 0.3) is 0 Å². The van der Waals surface area contributed by atoms with Crippen molar-refractivity contribution in [2.75, 3.05) is 13.2 Å². The summed E-state index contributed by atoms with van der Waals surface area (Å²) in [6, 6.07) is 4.13. The number of nitrogens with one attached hydrogen (secondary N) is 2. The summed E-state index contributed by atoms with van der Waals surface area (Å²) in [6.07, 6.45) is 0.399. The predicted molar refractivity (Wildman–Crippen MR) is 64.9 cm³/mol. The van der Waals surface area contributed by atoms with Crippen LogP contribution in [0.4, 0.5) is 0 Å². The maximum atomic E-state index is 12.0. The highest BCUT2D eigenvalue weighted by molar-refractivity contribution is 5.96. The molecule has 1 aliphatic heterocycles. The molecule has 3 N–H and O–H groups in total. The third kappa shape index (κ3) is 2.82. The van der Waals surface area contributed by atoms with Crippen molar-refractivity contribution in [2.24, 2.45) is 0 Å². The zero-order valence-electron chi connectivity index (χ0n) is 10.1. The Morgan fingerprint density at radius 2 is 2.00 bits per heavy atom. The number of pyridine rings is 1. The normalized spacial score (nSPS) is 17.7. The van der Waals surface area contributed by atoms with Crippen molar-refractivity contribution >= 4 is 11.9 Å². The van der Waals surface area contributed by atoms with Crippen LogP contribution in [0, 0.1) is 0 Å². The number of ether oxygens (including phenoxy) is 1. The summed E-state index contributed by atoms with van der Waals surface area (Å²) in [6.45, 7) is 0.551. The number of hydrogen-bond acceptors (Lipinski definition) is 4. The molecule has 0 bridgehead atoms. The highest BCUT2D eigenvalue weighted by Crippen LogP contribution is 2.21. The molecule has 2 rings (SSSR count). The molecular formula is C12H14N2O5. The zero-order valence-corrected chi connectivity index (χ0v) is 10.1. The lowest BCUT2D eigenvalue weighted by Crippen LogP contribution is -2.57. The summed E-state index contributed by atoms with van der Waals surface area (Å²) in [5.41, 5.74) is -1.70. The zero-order chi connectivity index (χ0) is 13.9. The van der Waals surface area contributed by atoms with Crippen molar-refractivity contribution < 1.29 is 19.4 Å². The summed E-state index contributed by atoms with van der Waals surface area (Å²) in [5, 5.41) is 11.8. The van der Waals surface area contributed by atoms with Crippen LogP contribution in [0.2, 0.25) is 0 Å². The second-order valence-corrected chi connectivity index (χ2v) is 4.38. The maximum Gasteiger partial charge on any atom is 0.329 e. The smallest absolute Gasteiger partial charge is 0.329 e. The van der Waals surface area contributed by atoms with Crippen molar-refractivity contribution in [1.82, 2.24) is 10.3 Å². The van der Waals surface area contributed by atoms with E-state index >= 15 is 0 Å². The lowest BCUT2D eigenvalue weighted by Gasteiger charge is -2.33. The number of carbonyl (C=O) groups excluding carboxylic acids is 1. The molecule has 0 unspecified atom stereocenters. The molecule has 0 aliphatic carbocycles. The number of hydrogen-bond donors (Lipinski definition) is 3. The van der Waals surface area contributed by atoms with Gasteiger partial charge in [-0.25, -0.2) is 4.79 Å². The summed E-state index contributed by atoms with van der Waals surface area (Å²) >= 11 is 0. The summed E-state index contributed by atoms with van der Waals surface area (Å²) in [5.74, 6) is -1.70. The van der Waals surface area contributed by atoms with Crippen LogP contribution < -0.4 is 10.9 Å². The first-order valence-electron chi connectivity index (χ1n) is 5.86. The minimum Gasteiger partial charge on any atom is -0.480 e. The molecule has 19 heavy (non-hydrogen) atoms. The molecule has 1 amide bonds. The first kappa shape index (κ1) is 13.3. The van der Waals surface area contributed by atoms with Gasteiger partial charge < -0.3 is 20.1 Å². The van der Waals surface area contributed by atoms with Crippen molar-refractivity contribution in [3.05, 3.63) is 34.2 Å². The molecule has 0 atom stereocenters. The molecular weight excluding hydrogens is 252 g/mol. The van der Waals surface area contributed by atoms with Gasteiger partial charge in [-0.2, -0.15) is 0 Å². The van der Waals surface area contributed by atoms with E-state index in [1.54, 1.807) is 0 Å². The van der Waals surface area contributed by atoms with E-state index in [4.69, 9.17) is 4.74 Å². The van der Waals surface area contributed by atoms with Gasteiger partial charge in [0.25, 0.3) is 5.91 Å². The monoisotopic (exact) mass is 266 g/mol. The topological polar surface area (TPSA) is 108 Å². The molecule has 1 aromatic heterocycles. The number of rotatable bonds is 3. The summed E-state index contributed by atoms with van der Waals surface area (Å²) < 4.78 is 5.11. The fraction of sp³-hybridized carbons (Fsp3) is 0.417. The second-order valence-electron chi connectivity index (χ2n) is 4.38. The molecule has 1 aliphatic rings. The van der Waals surface area contributed by atoms with Crippen LogP contribution in [-0.4, -0.2) is 40.7 Å². The van der Waals surface area contributed by atoms with Crippen molar-refractivity contribution in [1.29, 1.82) is 0 Å². The SMILES string of the molecule is O=C(NC1(C(=O)O)CCOCC1)c1cccc(=O)[nH]1. The lowest BCUT2D eigenvalue weighted by atomic mass is 9.90. The molecule has 1 aromatic rings. The van der Waals surface area contributed by atoms with Gasteiger partial charge in [0.05, 0.1) is 0 Å². The van der Waals surface area contributed by atoms with E-state index in [-0.39, 0.29) is 31.7 Å². The van der Waals surface area contributed by atoms with E-state index in [1.807, 2.05) is 0 Å². The molecule has 2 heterocycles. The third-order valence-corrected chi connectivity index (χ3v) is 3.12. The molecule has 0 aromatic carbocycles. The molecule has 1 saturated heterocycles. The number of carboxylic acids is 1. The first-order valence-corrected chi connectivity index (χ1v) is 5.86. The molecule has 102 valence electrons. The molecule has 0 spiro atoms. The van der Waals surface area contributed by atoms with Gasteiger partial charge in [0, 0.05) is 32.1 Å². The second kappa shape index (κ2) is 5.23. The van der Waals surface area contributed by atoms with Gasteiger partial charge in [-0.1, -0.05) is 6.07 Å². The van der Waals surface area contributed by atoms with E-state index in [0.717, 1.165) is 0 Å². The quantitative estimate of drug-likeness (QED) is 0.698. The van der Waals surface area contributed by atoms with Crippen LogP contribution in [-0.2, 0) is 9.53 Å². The lowest BCUT2D eigenvalue weighted by molar-refractivity contribution is -0.148. The van der Waals surface area contributed by atoms with Crippen molar-refractivity contribution in [3.63, 3.8) is 0 Å². The maximum absolute atomic E-state index is 12.0. The number of aliphatic carboxylic acids is 1. The van der Waals surface area contributed by atoms with E-state index in [9.17, 15) is 19.5 Å². The van der Waals surface area contributed by atoms with Crippen molar-refractivity contribution in [3.8, 4) is 0 Å². The van der Waals surface area contributed by atoms with Crippen LogP contribution in [0.3, 0.4) is 0 Å². The predicted octanol–water partition coefficient (Wildman–Crippen LogP) is -0.262. The molecule has 7 heteroatoms. The van der Waals surface area contributed by atoms with Gasteiger partial charge in [-0.05, 0) is 6.07 Å². The molecule has 0 radical (unpaired) electrons. The third-order valence-electron chi connectivity index (χ3n) is 3.12. The highest BCUT2D eigenvalue weighted by Gasteiger charge is 2.41. The van der Waals surface area contributed by atoms with Gasteiger partial charge in [0.1, 0.15) is 11.2 Å². The Balaban J connectivity index is 2.20. The Morgan fingerprint density at radius 1 is 1.32 bits per heavy atom. The van der Waals surface area contributed by atoms with Crippen LogP contribution in [0.15, 0.2) is 23.0 Å². The minimum absolute atomic E-state index is 0.0413. The Bertz CT molecular complexity index is 545. The number of amides is 1. The molecule has 1 fully saturated rings. The number of H-pyrrole nitrogens is 1. The number of aromatic amines is 1. The van der Waals surface area contributed by atoms with Gasteiger partial charge in [0.2, 0.25) is 5.56 Å². The largest absolute Gasteiger partial charge is 0.480 e. The average Bonchev–Trinajstić information content (AvgIpc) is 2.39. The minimum atomic E-state index is -1.33. The Kier molecular flexibility index (Phi) is 3.66. The van der Waals surface area contributed by atoms with E-state index in [2.05, 4.69) is 10.3 Å². The Labute approximate surface area is 108 Å². The highest BCUT2D eigenvalue weighted by atomic mass is 16.5. The Hall–Kier alpha value is -2.15. The fourth-order valence-electron chi connectivity index (χ4n) is 1.98. The first-order chi connectivity index (χ1) is 9.03. The Morgan fingerprint density at radius 3 is 2.58 bits per heavy atom. The number of aromatic nitrogens is 1. The molecule has 0 saturated carbocycles. The summed E-state index contributed by atoms with van der Waals surface area (Å²) in [7, 11) is 0. The van der Waals surface area contributed by atoms with Gasteiger partial charge in [-0.3, -0.25) is 9.59 Å². The van der Waals surface area contributed by atoms with E-state index in [0.29, 0.717) is 0 Å². The average molecular weight is 266 g/mol.